The SMILES string of the molecule is COc1ccc(S(=O)(=O)N2CCC[C@H]2CCl)cc1C. The highest BCUT2D eigenvalue weighted by Crippen LogP contribution is 2.29. The molecule has 0 amide bonds. The summed E-state index contributed by atoms with van der Waals surface area (Å²) in [7, 11) is -1.88. The van der Waals surface area contributed by atoms with E-state index in [1.165, 1.54) is 4.31 Å². The van der Waals surface area contributed by atoms with Crippen LogP contribution in [0.1, 0.15) is 18.4 Å². The highest BCUT2D eigenvalue weighted by molar-refractivity contribution is 7.89. The van der Waals surface area contributed by atoms with Gasteiger partial charge in [0.1, 0.15) is 5.75 Å². The van der Waals surface area contributed by atoms with Gasteiger partial charge in [-0.05, 0) is 43.5 Å². The number of sulfonamides is 1. The van der Waals surface area contributed by atoms with E-state index in [1.807, 2.05) is 6.92 Å². The highest BCUT2D eigenvalue weighted by atomic mass is 35.5. The number of ether oxygens (including phenoxy) is 1. The van der Waals surface area contributed by atoms with Gasteiger partial charge in [0, 0.05) is 18.5 Å². The van der Waals surface area contributed by atoms with Crippen molar-refractivity contribution in [3.05, 3.63) is 23.8 Å². The molecule has 0 spiro atoms. The van der Waals surface area contributed by atoms with Crippen molar-refractivity contribution >= 4 is 21.6 Å². The van der Waals surface area contributed by atoms with Gasteiger partial charge in [-0.15, -0.1) is 11.6 Å². The maximum atomic E-state index is 12.6. The highest BCUT2D eigenvalue weighted by Gasteiger charge is 2.34. The monoisotopic (exact) mass is 303 g/mol. The number of alkyl halides is 1. The van der Waals surface area contributed by atoms with E-state index >= 15 is 0 Å². The second-order valence-corrected chi connectivity index (χ2v) is 6.90. The Hall–Kier alpha value is -0.780. The minimum Gasteiger partial charge on any atom is -0.496 e. The van der Waals surface area contributed by atoms with Crippen LogP contribution in [0.25, 0.3) is 0 Å². The van der Waals surface area contributed by atoms with E-state index in [9.17, 15) is 8.42 Å². The molecule has 0 radical (unpaired) electrons. The molecule has 1 heterocycles. The number of rotatable bonds is 4. The minimum atomic E-state index is -3.45. The maximum absolute atomic E-state index is 12.6. The maximum Gasteiger partial charge on any atom is 0.243 e. The second kappa shape index (κ2) is 5.69. The summed E-state index contributed by atoms with van der Waals surface area (Å²) in [6.45, 7) is 2.38. The molecule has 1 aromatic rings. The van der Waals surface area contributed by atoms with E-state index in [2.05, 4.69) is 0 Å². The van der Waals surface area contributed by atoms with Crippen LogP contribution in [0.3, 0.4) is 0 Å². The molecular weight excluding hydrogens is 286 g/mol. The molecule has 6 heteroatoms. The Kier molecular flexibility index (Phi) is 4.38. The Balaban J connectivity index is 2.37. The summed E-state index contributed by atoms with van der Waals surface area (Å²) in [6, 6.07) is 4.84. The quantitative estimate of drug-likeness (QED) is 0.802. The first-order valence-electron chi connectivity index (χ1n) is 6.23. The molecule has 2 rings (SSSR count). The predicted molar refractivity (Wildman–Crippen MR) is 75.4 cm³/mol. The van der Waals surface area contributed by atoms with Crippen molar-refractivity contribution in [2.24, 2.45) is 0 Å². The number of nitrogens with zero attached hydrogens (tertiary/aromatic N) is 1. The minimum absolute atomic E-state index is 0.0888. The molecular formula is C13H18ClNO3S. The molecule has 0 unspecified atom stereocenters. The lowest BCUT2D eigenvalue weighted by atomic mass is 10.2. The van der Waals surface area contributed by atoms with Gasteiger partial charge in [-0.2, -0.15) is 4.31 Å². The van der Waals surface area contributed by atoms with E-state index < -0.39 is 10.0 Å². The number of hydrogen-bond donors (Lipinski definition) is 0. The zero-order valence-electron chi connectivity index (χ0n) is 11.1. The number of methoxy groups -OCH3 is 1. The van der Waals surface area contributed by atoms with Crippen LogP contribution in [0.5, 0.6) is 5.75 Å². The summed E-state index contributed by atoms with van der Waals surface area (Å²) in [5.74, 6) is 1.03. The summed E-state index contributed by atoms with van der Waals surface area (Å²) in [5.41, 5.74) is 0.810. The zero-order valence-corrected chi connectivity index (χ0v) is 12.7. The van der Waals surface area contributed by atoms with Crippen LogP contribution in [-0.4, -0.2) is 38.3 Å². The third-order valence-electron chi connectivity index (χ3n) is 3.47. The van der Waals surface area contributed by atoms with Gasteiger partial charge < -0.3 is 4.74 Å². The summed E-state index contributed by atoms with van der Waals surface area (Å²) >= 11 is 5.85. The summed E-state index contributed by atoms with van der Waals surface area (Å²) in [6.07, 6.45) is 1.70. The van der Waals surface area contributed by atoms with Gasteiger partial charge in [-0.1, -0.05) is 0 Å². The first kappa shape index (κ1) is 14.6. The lowest BCUT2D eigenvalue weighted by molar-refractivity contribution is 0.407. The molecule has 1 atom stereocenters. The molecule has 1 aliphatic rings. The van der Waals surface area contributed by atoms with Crippen molar-refractivity contribution in [2.75, 3.05) is 19.5 Å². The molecule has 0 aliphatic carbocycles. The zero-order chi connectivity index (χ0) is 14.0. The predicted octanol–water partition coefficient (Wildman–Crippen LogP) is 2.40. The molecule has 1 aromatic carbocycles. The standard InChI is InChI=1S/C13H18ClNO3S/c1-10-8-12(5-6-13(10)18-2)19(16,17)15-7-3-4-11(15)9-14/h5-6,8,11H,3-4,7,9H2,1-2H3/t11-/m0/s1. The molecule has 19 heavy (non-hydrogen) atoms. The largest absolute Gasteiger partial charge is 0.496 e. The first-order valence-corrected chi connectivity index (χ1v) is 8.20. The molecule has 106 valence electrons. The van der Waals surface area contributed by atoms with Gasteiger partial charge in [0.25, 0.3) is 0 Å². The third-order valence-corrected chi connectivity index (χ3v) is 5.78. The Morgan fingerprint density at radius 1 is 1.47 bits per heavy atom. The smallest absolute Gasteiger partial charge is 0.243 e. The Morgan fingerprint density at radius 2 is 2.21 bits per heavy atom. The van der Waals surface area contributed by atoms with Gasteiger partial charge in [-0.25, -0.2) is 8.42 Å². The van der Waals surface area contributed by atoms with E-state index in [1.54, 1.807) is 25.3 Å². The van der Waals surface area contributed by atoms with E-state index in [0.717, 1.165) is 18.4 Å². The third kappa shape index (κ3) is 2.73. The van der Waals surface area contributed by atoms with Crippen LogP contribution in [0.15, 0.2) is 23.1 Å². The van der Waals surface area contributed by atoms with Crippen LogP contribution in [0, 0.1) is 6.92 Å². The Labute approximate surface area is 119 Å². The van der Waals surface area contributed by atoms with Crippen molar-refractivity contribution in [1.29, 1.82) is 0 Å². The fourth-order valence-electron chi connectivity index (χ4n) is 2.43. The molecule has 4 nitrogen and oxygen atoms in total. The summed E-state index contributed by atoms with van der Waals surface area (Å²) < 4.78 is 31.8. The van der Waals surface area contributed by atoms with Crippen molar-refractivity contribution in [2.45, 2.75) is 30.7 Å². The summed E-state index contributed by atoms with van der Waals surface area (Å²) in [4.78, 5) is 0.308. The van der Waals surface area contributed by atoms with Gasteiger partial charge in [0.15, 0.2) is 0 Å². The summed E-state index contributed by atoms with van der Waals surface area (Å²) in [5, 5.41) is 0. The number of halogens is 1. The molecule has 1 fully saturated rings. The van der Waals surface area contributed by atoms with Crippen molar-refractivity contribution in [3.63, 3.8) is 0 Å². The number of benzene rings is 1. The van der Waals surface area contributed by atoms with Crippen molar-refractivity contribution < 1.29 is 13.2 Å². The average Bonchev–Trinajstić information content (AvgIpc) is 2.87. The van der Waals surface area contributed by atoms with Crippen LogP contribution in [0.2, 0.25) is 0 Å². The van der Waals surface area contributed by atoms with E-state index in [-0.39, 0.29) is 6.04 Å². The molecule has 1 saturated heterocycles. The lowest BCUT2D eigenvalue weighted by Gasteiger charge is -2.22. The van der Waals surface area contributed by atoms with E-state index in [0.29, 0.717) is 23.1 Å². The topological polar surface area (TPSA) is 46.6 Å². The van der Waals surface area contributed by atoms with Crippen LogP contribution in [-0.2, 0) is 10.0 Å². The Bertz CT molecular complexity index is 559. The molecule has 0 bridgehead atoms. The fourth-order valence-corrected chi connectivity index (χ4v) is 4.61. The molecule has 1 aliphatic heterocycles. The molecule has 0 saturated carbocycles. The lowest BCUT2D eigenvalue weighted by Crippen LogP contribution is -2.36. The fraction of sp³-hybridized carbons (Fsp3) is 0.538. The average molecular weight is 304 g/mol. The van der Waals surface area contributed by atoms with Crippen LogP contribution in [0.4, 0.5) is 0 Å². The number of aryl methyl sites for hydroxylation is 1. The van der Waals surface area contributed by atoms with Gasteiger partial charge in [0.2, 0.25) is 10.0 Å². The van der Waals surface area contributed by atoms with Crippen LogP contribution >= 0.6 is 11.6 Å². The first-order chi connectivity index (χ1) is 9.00. The Morgan fingerprint density at radius 3 is 2.79 bits per heavy atom. The second-order valence-electron chi connectivity index (χ2n) is 4.70. The van der Waals surface area contributed by atoms with Crippen molar-refractivity contribution in [1.82, 2.24) is 4.31 Å². The van der Waals surface area contributed by atoms with E-state index in [4.69, 9.17) is 16.3 Å². The molecule has 0 aromatic heterocycles. The van der Waals surface area contributed by atoms with Crippen LogP contribution < -0.4 is 4.74 Å². The van der Waals surface area contributed by atoms with Gasteiger partial charge in [0.05, 0.1) is 12.0 Å². The van der Waals surface area contributed by atoms with Crippen molar-refractivity contribution in [3.8, 4) is 5.75 Å². The molecule has 0 N–H and O–H groups in total. The van der Waals surface area contributed by atoms with Gasteiger partial charge >= 0.3 is 0 Å². The normalized spacial score (nSPS) is 20.7. The van der Waals surface area contributed by atoms with Gasteiger partial charge in [-0.3, -0.25) is 0 Å². The number of hydrogen-bond acceptors (Lipinski definition) is 3.